The van der Waals surface area contributed by atoms with Crippen LogP contribution in [-0.4, -0.2) is 81.3 Å². The van der Waals surface area contributed by atoms with Gasteiger partial charge in [0.15, 0.2) is 29.5 Å². The molecular weight excluding hydrogens is 612 g/mol. The first-order chi connectivity index (χ1) is 21.8. The van der Waals surface area contributed by atoms with Gasteiger partial charge in [0.2, 0.25) is 0 Å². The lowest BCUT2D eigenvalue weighted by Gasteiger charge is -2.42. The predicted molar refractivity (Wildman–Crippen MR) is 168 cm³/mol. The number of fused-ring (bicyclic) bond motifs is 3. The van der Waals surface area contributed by atoms with Crippen LogP contribution in [0.1, 0.15) is 108 Å². The maximum atomic E-state index is 13.4. The van der Waals surface area contributed by atoms with E-state index in [9.17, 15) is 34.2 Å². The number of allylic oxidation sites excluding steroid dienone is 1. The lowest BCUT2D eigenvalue weighted by Crippen LogP contribution is -2.64. The van der Waals surface area contributed by atoms with Crippen molar-refractivity contribution < 1.29 is 57.9 Å². The molecule has 0 unspecified atom stereocenters. The molecule has 2 fully saturated rings. The molecule has 1 saturated heterocycles. The quantitative estimate of drug-likeness (QED) is 0.101. The zero-order valence-electron chi connectivity index (χ0n) is 29.3. The highest BCUT2D eigenvalue weighted by Crippen LogP contribution is 2.57. The van der Waals surface area contributed by atoms with Crippen molar-refractivity contribution in [2.24, 2.45) is 17.8 Å². The van der Waals surface area contributed by atoms with Crippen LogP contribution in [0.5, 0.6) is 0 Å². The van der Waals surface area contributed by atoms with Gasteiger partial charge in [0.05, 0.1) is 11.8 Å². The summed E-state index contributed by atoms with van der Waals surface area (Å²) in [5.74, 6) is -5.20. The Morgan fingerprint density at radius 1 is 1.04 bits per heavy atom. The van der Waals surface area contributed by atoms with Crippen molar-refractivity contribution in [2.75, 3.05) is 0 Å². The fourth-order valence-electron chi connectivity index (χ4n) is 6.85. The van der Waals surface area contributed by atoms with Crippen molar-refractivity contribution in [1.29, 1.82) is 0 Å². The molecule has 0 amide bonds. The highest BCUT2D eigenvalue weighted by atomic mass is 16.6. The van der Waals surface area contributed by atoms with Crippen LogP contribution in [0.4, 0.5) is 0 Å². The van der Waals surface area contributed by atoms with Crippen LogP contribution in [0.3, 0.4) is 0 Å². The number of carbonyl (C=O) groups is 5. The van der Waals surface area contributed by atoms with Crippen LogP contribution in [-0.2, 0) is 47.7 Å². The average Bonchev–Trinajstić information content (AvgIpc) is 3.32. The Hall–Kier alpha value is -3.25. The molecule has 9 atom stereocenters. The Kier molecular flexibility index (Phi) is 11.8. The van der Waals surface area contributed by atoms with Crippen molar-refractivity contribution >= 4 is 29.8 Å². The fraction of sp³-hybridized carbons (Fsp3) is 0.743. The molecule has 1 heterocycles. The molecule has 0 bridgehead atoms. The number of unbranched alkanes of at least 4 members (excludes halogenated alkanes) is 1. The summed E-state index contributed by atoms with van der Waals surface area (Å²) < 4.78 is 29.5. The third-order valence-corrected chi connectivity index (χ3v) is 9.99. The van der Waals surface area contributed by atoms with E-state index >= 15 is 0 Å². The van der Waals surface area contributed by atoms with Gasteiger partial charge in [0.1, 0.15) is 11.7 Å². The predicted octanol–water partition coefficient (Wildman–Crippen LogP) is 4.03. The molecule has 0 aromatic heterocycles. The molecular formula is C35H52O12. The van der Waals surface area contributed by atoms with Crippen molar-refractivity contribution in [1.82, 2.24) is 0 Å². The molecule has 1 saturated carbocycles. The van der Waals surface area contributed by atoms with E-state index in [-0.39, 0.29) is 23.1 Å². The molecule has 12 heteroatoms. The minimum absolute atomic E-state index is 0.0648. The van der Waals surface area contributed by atoms with E-state index in [0.717, 1.165) is 19.8 Å². The maximum absolute atomic E-state index is 13.4. The Bertz CT molecular complexity index is 1310. The molecule has 12 nitrogen and oxygen atoms in total. The second-order valence-electron chi connectivity index (χ2n) is 14.0. The summed E-state index contributed by atoms with van der Waals surface area (Å²) in [5, 5.41) is 24.0. The molecule has 3 rings (SSSR count). The van der Waals surface area contributed by atoms with Gasteiger partial charge >= 0.3 is 29.8 Å². The van der Waals surface area contributed by atoms with Crippen LogP contribution in [0.2, 0.25) is 0 Å². The Labute approximate surface area is 277 Å². The van der Waals surface area contributed by atoms with E-state index in [1.54, 1.807) is 40.7 Å². The first-order valence-electron chi connectivity index (χ1n) is 16.6. The minimum atomic E-state index is -2.59. The summed E-state index contributed by atoms with van der Waals surface area (Å²) in [4.78, 5) is 65.6. The van der Waals surface area contributed by atoms with Crippen molar-refractivity contribution in [3.8, 4) is 0 Å². The lowest BCUT2D eigenvalue weighted by molar-refractivity contribution is -0.214. The number of hydrogen-bond acceptors (Lipinski definition) is 12. The normalized spacial score (nSPS) is 34.2. The fourth-order valence-corrected chi connectivity index (χ4v) is 6.85. The molecule has 0 aromatic carbocycles. The van der Waals surface area contributed by atoms with Crippen LogP contribution < -0.4 is 0 Å². The molecule has 0 radical (unpaired) electrons. The third-order valence-electron chi connectivity index (χ3n) is 9.99. The number of carbonyl (C=O) groups excluding carboxylic acids is 5. The van der Waals surface area contributed by atoms with Crippen molar-refractivity contribution in [3.05, 3.63) is 22.8 Å². The Morgan fingerprint density at radius 3 is 2.23 bits per heavy atom. The number of esters is 5. The second kappa shape index (κ2) is 14.5. The van der Waals surface area contributed by atoms with Crippen LogP contribution >= 0.6 is 0 Å². The second-order valence-corrected chi connectivity index (χ2v) is 14.0. The van der Waals surface area contributed by atoms with Gasteiger partial charge in [-0.2, -0.15) is 0 Å². The maximum Gasteiger partial charge on any atom is 0.341 e. The van der Waals surface area contributed by atoms with E-state index in [1.165, 1.54) is 13.8 Å². The standard InChI is InChI=1S/C35H52O12/c1-11-19(5)30(38)43-23-17-33(9,47-22(8)36)26-25(29-35(23,42)34(10,41)32(40)46-29)21(7)27(45-31(39)20(6)12-2)28(26)44-24(37)16-14-13-15-18(3)4/h12,18-19,23,26-29,41-42H,11,13-17H2,1-10H3/b20-12-/t19-,23-,26+,27-,28-,29+,33-,34+,35-/m1/s1. The zero-order valence-corrected chi connectivity index (χ0v) is 29.3. The highest BCUT2D eigenvalue weighted by molar-refractivity contribution is 5.88. The smallest absolute Gasteiger partial charge is 0.341 e. The number of hydrogen-bond donors (Lipinski definition) is 2. The summed E-state index contributed by atoms with van der Waals surface area (Å²) in [6, 6.07) is 0. The molecule has 2 aliphatic carbocycles. The Morgan fingerprint density at radius 2 is 1.68 bits per heavy atom. The largest absolute Gasteiger partial charge is 0.459 e. The Balaban J connectivity index is 2.25. The topological polar surface area (TPSA) is 172 Å². The molecule has 3 aliphatic rings. The van der Waals surface area contributed by atoms with Crippen LogP contribution in [0, 0.1) is 17.8 Å². The first kappa shape index (κ1) is 38.2. The SMILES string of the molecule is C/C=C(/C)C(=O)O[C@@H]1C(C)=C2[C@@H]3OC(=O)[C@](C)(O)[C@@]3(O)[C@H](OC(=O)[C@H](C)CC)C[C@@](C)(OC(C)=O)[C@@H]2[C@H]1OC(=O)CCCCC(C)C. The molecule has 0 aromatic rings. The zero-order chi connectivity index (χ0) is 35.6. The van der Waals surface area contributed by atoms with Gasteiger partial charge in [-0.05, 0) is 64.5 Å². The van der Waals surface area contributed by atoms with Gasteiger partial charge in [0.25, 0.3) is 0 Å². The monoisotopic (exact) mass is 664 g/mol. The van der Waals surface area contributed by atoms with E-state index in [2.05, 4.69) is 13.8 Å². The number of aliphatic hydroxyl groups is 2. The molecule has 47 heavy (non-hydrogen) atoms. The molecule has 2 N–H and O–H groups in total. The van der Waals surface area contributed by atoms with Gasteiger partial charge in [-0.25, -0.2) is 9.59 Å². The lowest BCUT2D eigenvalue weighted by atomic mass is 9.75. The minimum Gasteiger partial charge on any atom is -0.459 e. The van der Waals surface area contributed by atoms with E-state index < -0.39 is 89.3 Å². The van der Waals surface area contributed by atoms with Crippen LogP contribution in [0.25, 0.3) is 0 Å². The van der Waals surface area contributed by atoms with E-state index in [1.807, 2.05) is 0 Å². The summed E-state index contributed by atoms with van der Waals surface area (Å²) in [6.07, 6.45) is -1.95. The van der Waals surface area contributed by atoms with Crippen molar-refractivity contribution in [3.63, 3.8) is 0 Å². The summed E-state index contributed by atoms with van der Waals surface area (Å²) in [5.41, 5.74) is -6.17. The summed E-state index contributed by atoms with van der Waals surface area (Å²) >= 11 is 0. The number of ether oxygens (including phenoxy) is 5. The van der Waals surface area contributed by atoms with Crippen LogP contribution in [0.15, 0.2) is 22.8 Å². The van der Waals surface area contributed by atoms with Crippen molar-refractivity contribution in [2.45, 2.75) is 149 Å². The van der Waals surface area contributed by atoms with E-state index in [4.69, 9.17) is 23.7 Å². The van der Waals surface area contributed by atoms with Gasteiger partial charge in [-0.1, -0.05) is 46.6 Å². The molecule has 264 valence electrons. The average molecular weight is 665 g/mol. The molecule has 1 aliphatic heterocycles. The summed E-state index contributed by atoms with van der Waals surface area (Å²) in [7, 11) is 0. The van der Waals surface area contributed by atoms with Gasteiger partial charge in [-0.15, -0.1) is 0 Å². The third kappa shape index (κ3) is 7.28. The summed E-state index contributed by atoms with van der Waals surface area (Å²) in [6.45, 7) is 16.1. The van der Waals surface area contributed by atoms with Gasteiger partial charge in [0, 0.05) is 25.3 Å². The van der Waals surface area contributed by atoms with Gasteiger partial charge < -0.3 is 33.9 Å². The van der Waals surface area contributed by atoms with Gasteiger partial charge in [-0.3, -0.25) is 14.4 Å². The molecule has 0 spiro atoms. The first-order valence-corrected chi connectivity index (χ1v) is 16.6. The van der Waals surface area contributed by atoms with E-state index in [0.29, 0.717) is 18.8 Å². The number of rotatable bonds is 12. The highest BCUT2D eigenvalue weighted by Gasteiger charge is 2.76.